The molecule has 124 valence electrons. The van der Waals surface area contributed by atoms with E-state index in [1.807, 2.05) is 31.2 Å². The monoisotopic (exact) mass is 324 g/mol. The normalized spacial score (nSPS) is 15.4. The quantitative estimate of drug-likeness (QED) is 0.917. The van der Waals surface area contributed by atoms with Gasteiger partial charge in [0.05, 0.1) is 5.69 Å². The van der Waals surface area contributed by atoms with Crippen LogP contribution < -0.4 is 5.32 Å². The molecule has 0 aliphatic carbocycles. The van der Waals surface area contributed by atoms with Crippen molar-refractivity contribution in [2.24, 2.45) is 0 Å². The third-order valence-electron chi connectivity index (χ3n) is 4.15. The highest BCUT2D eigenvalue weighted by atomic mass is 16.2. The molecule has 1 atom stereocenters. The number of hydrogen-bond acceptors (Lipinski definition) is 4. The number of carbonyl (C=O) groups excluding carboxylic acids is 2. The lowest BCUT2D eigenvalue weighted by molar-refractivity contribution is -0.135. The molecule has 24 heavy (non-hydrogen) atoms. The average Bonchev–Trinajstić information content (AvgIpc) is 3.03. The zero-order valence-corrected chi connectivity index (χ0v) is 13.6. The smallest absolute Gasteiger partial charge is 0.248 e. The summed E-state index contributed by atoms with van der Waals surface area (Å²) in [6, 6.07) is 8.86. The molecule has 2 amide bonds. The van der Waals surface area contributed by atoms with Crippen LogP contribution in [0.5, 0.6) is 0 Å². The first-order chi connectivity index (χ1) is 11.7. The Morgan fingerprint density at radius 3 is 2.75 bits per heavy atom. The first kappa shape index (κ1) is 16.1. The van der Waals surface area contributed by atoms with E-state index in [0.29, 0.717) is 25.2 Å². The number of amides is 2. The van der Waals surface area contributed by atoms with Gasteiger partial charge in [-0.25, -0.2) is 4.98 Å². The van der Waals surface area contributed by atoms with Crippen LogP contribution in [-0.4, -0.2) is 39.3 Å². The molecule has 6 nitrogen and oxygen atoms in total. The molecule has 0 saturated carbocycles. The van der Waals surface area contributed by atoms with Gasteiger partial charge in [0.2, 0.25) is 11.8 Å². The van der Waals surface area contributed by atoms with Crippen LogP contribution in [0.3, 0.4) is 0 Å². The molecule has 1 N–H and O–H groups in total. The van der Waals surface area contributed by atoms with Crippen molar-refractivity contribution in [1.29, 1.82) is 0 Å². The molecule has 0 spiro atoms. The van der Waals surface area contributed by atoms with E-state index < -0.39 is 6.04 Å². The molecule has 3 rings (SSSR count). The van der Waals surface area contributed by atoms with Crippen LogP contribution in [0.2, 0.25) is 0 Å². The number of carbonyl (C=O) groups is 2. The summed E-state index contributed by atoms with van der Waals surface area (Å²) < 4.78 is 0. The summed E-state index contributed by atoms with van der Waals surface area (Å²) in [6.45, 7) is 2.56. The summed E-state index contributed by atoms with van der Waals surface area (Å²) in [5.41, 5.74) is 1.72. The second-order valence-electron chi connectivity index (χ2n) is 5.75. The maximum absolute atomic E-state index is 12.5. The average molecular weight is 324 g/mol. The second kappa shape index (κ2) is 7.21. The van der Waals surface area contributed by atoms with E-state index in [2.05, 4.69) is 15.3 Å². The standard InChI is InChI=1S/C18H20N4O2/c1-2-15(22-11-5-7-17(22)23)18(24)21-16-9-8-13(12-20-16)14-6-3-4-10-19-14/h3-4,6,8-10,12,15H,2,5,7,11H2,1H3,(H,20,21,24)/t15-/m0/s1. The van der Waals surface area contributed by atoms with Gasteiger partial charge in [-0.2, -0.15) is 0 Å². The topological polar surface area (TPSA) is 75.2 Å². The fourth-order valence-corrected chi connectivity index (χ4v) is 2.91. The van der Waals surface area contributed by atoms with Crippen molar-refractivity contribution in [3.05, 3.63) is 42.7 Å². The van der Waals surface area contributed by atoms with Gasteiger partial charge in [-0.05, 0) is 37.1 Å². The zero-order valence-electron chi connectivity index (χ0n) is 13.6. The minimum Gasteiger partial charge on any atom is -0.331 e. The van der Waals surface area contributed by atoms with E-state index in [0.717, 1.165) is 17.7 Å². The largest absolute Gasteiger partial charge is 0.331 e. The van der Waals surface area contributed by atoms with Crippen LogP contribution in [0.15, 0.2) is 42.7 Å². The van der Waals surface area contributed by atoms with Crippen LogP contribution in [0, 0.1) is 0 Å². The predicted molar refractivity (Wildman–Crippen MR) is 91.1 cm³/mol. The van der Waals surface area contributed by atoms with Crippen molar-refractivity contribution in [3.8, 4) is 11.3 Å². The van der Waals surface area contributed by atoms with Gasteiger partial charge in [-0.15, -0.1) is 0 Å². The summed E-state index contributed by atoms with van der Waals surface area (Å²) in [5, 5.41) is 2.80. The molecule has 6 heteroatoms. The van der Waals surface area contributed by atoms with Gasteiger partial charge in [-0.1, -0.05) is 13.0 Å². The van der Waals surface area contributed by atoms with Crippen LogP contribution in [0.1, 0.15) is 26.2 Å². The number of nitrogens with one attached hydrogen (secondary N) is 1. The van der Waals surface area contributed by atoms with Gasteiger partial charge in [-0.3, -0.25) is 14.6 Å². The highest BCUT2D eigenvalue weighted by Crippen LogP contribution is 2.19. The fraction of sp³-hybridized carbons (Fsp3) is 0.333. The van der Waals surface area contributed by atoms with Gasteiger partial charge in [0.25, 0.3) is 0 Å². The Labute approximate surface area is 140 Å². The molecule has 0 bridgehead atoms. The van der Waals surface area contributed by atoms with Crippen LogP contribution in [0.25, 0.3) is 11.3 Å². The molecule has 2 aromatic rings. The molecule has 0 aromatic carbocycles. The first-order valence-electron chi connectivity index (χ1n) is 8.17. The predicted octanol–water partition coefficient (Wildman–Crippen LogP) is 2.48. The van der Waals surface area contributed by atoms with Crippen LogP contribution in [-0.2, 0) is 9.59 Å². The Bertz CT molecular complexity index is 716. The maximum atomic E-state index is 12.5. The Hall–Kier alpha value is -2.76. The van der Waals surface area contributed by atoms with Gasteiger partial charge in [0, 0.05) is 30.9 Å². The molecule has 2 aromatic heterocycles. The number of nitrogens with zero attached hydrogens (tertiary/aromatic N) is 3. The van der Waals surface area contributed by atoms with Gasteiger partial charge < -0.3 is 10.2 Å². The summed E-state index contributed by atoms with van der Waals surface area (Å²) >= 11 is 0. The SMILES string of the molecule is CC[C@@H](C(=O)Nc1ccc(-c2ccccn2)cn1)N1CCCC1=O. The van der Waals surface area contributed by atoms with E-state index in [-0.39, 0.29) is 11.8 Å². The van der Waals surface area contributed by atoms with Crippen molar-refractivity contribution in [2.45, 2.75) is 32.2 Å². The lowest BCUT2D eigenvalue weighted by Crippen LogP contribution is -2.44. The first-order valence-corrected chi connectivity index (χ1v) is 8.17. The minimum atomic E-state index is -0.433. The van der Waals surface area contributed by atoms with Crippen molar-refractivity contribution in [1.82, 2.24) is 14.9 Å². The highest BCUT2D eigenvalue weighted by molar-refractivity contribution is 5.97. The fourth-order valence-electron chi connectivity index (χ4n) is 2.91. The van der Waals surface area contributed by atoms with E-state index >= 15 is 0 Å². The molecule has 3 heterocycles. The molecule has 0 unspecified atom stereocenters. The van der Waals surface area contributed by atoms with Crippen molar-refractivity contribution in [3.63, 3.8) is 0 Å². The number of hydrogen-bond donors (Lipinski definition) is 1. The third-order valence-corrected chi connectivity index (χ3v) is 4.15. The van der Waals surface area contributed by atoms with Gasteiger partial charge in [0.15, 0.2) is 0 Å². The maximum Gasteiger partial charge on any atom is 0.248 e. The molecular weight excluding hydrogens is 304 g/mol. The van der Waals surface area contributed by atoms with Crippen LogP contribution in [0.4, 0.5) is 5.82 Å². The Kier molecular flexibility index (Phi) is 4.84. The molecular formula is C18H20N4O2. The van der Waals surface area contributed by atoms with Crippen molar-refractivity contribution >= 4 is 17.6 Å². The number of rotatable bonds is 5. The number of likely N-dealkylation sites (tertiary alicyclic amines) is 1. The lowest BCUT2D eigenvalue weighted by Gasteiger charge is -2.25. The van der Waals surface area contributed by atoms with Crippen molar-refractivity contribution < 1.29 is 9.59 Å². The Balaban J connectivity index is 1.69. The molecule has 1 saturated heterocycles. The minimum absolute atomic E-state index is 0.0514. The second-order valence-corrected chi connectivity index (χ2v) is 5.75. The molecule has 1 aliphatic heterocycles. The highest BCUT2D eigenvalue weighted by Gasteiger charge is 2.31. The summed E-state index contributed by atoms with van der Waals surface area (Å²) in [5.74, 6) is 0.339. The van der Waals surface area contributed by atoms with Crippen LogP contribution >= 0.6 is 0 Å². The molecule has 1 fully saturated rings. The number of aromatic nitrogens is 2. The molecule has 0 radical (unpaired) electrons. The zero-order chi connectivity index (χ0) is 16.9. The lowest BCUT2D eigenvalue weighted by atomic mass is 10.1. The molecule has 1 aliphatic rings. The summed E-state index contributed by atoms with van der Waals surface area (Å²) in [4.78, 5) is 34.5. The summed E-state index contributed by atoms with van der Waals surface area (Å²) in [6.07, 6.45) is 5.34. The van der Waals surface area contributed by atoms with E-state index in [1.54, 1.807) is 23.4 Å². The van der Waals surface area contributed by atoms with Gasteiger partial charge in [0.1, 0.15) is 11.9 Å². The Morgan fingerprint density at radius 1 is 1.29 bits per heavy atom. The van der Waals surface area contributed by atoms with E-state index in [9.17, 15) is 9.59 Å². The van der Waals surface area contributed by atoms with Crippen molar-refractivity contribution in [2.75, 3.05) is 11.9 Å². The van der Waals surface area contributed by atoms with Gasteiger partial charge >= 0.3 is 0 Å². The number of pyridine rings is 2. The number of anilines is 1. The van der Waals surface area contributed by atoms with E-state index in [4.69, 9.17) is 0 Å². The Morgan fingerprint density at radius 2 is 2.17 bits per heavy atom. The summed E-state index contributed by atoms with van der Waals surface area (Å²) in [7, 11) is 0. The van der Waals surface area contributed by atoms with E-state index in [1.165, 1.54) is 0 Å². The third kappa shape index (κ3) is 3.42.